The third-order valence-electron chi connectivity index (χ3n) is 2.10. The van der Waals surface area contributed by atoms with Crippen LogP contribution in [-0.2, 0) is 0 Å². The van der Waals surface area contributed by atoms with E-state index in [9.17, 15) is 4.79 Å². The maximum atomic E-state index is 11.0. The molecule has 1 aromatic carbocycles. The van der Waals surface area contributed by atoms with E-state index >= 15 is 0 Å². The molecule has 0 atom stereocenters. The van der Waals surface area contributed by atoms with E-state index in [1.165, 1.54) is 13.2 Å². The average Bonchev–Trinajstić information content (AvgIpc) is 2.63. The lowest BCUT2D eigenvalue weighted by Gasteiger charge is -2.09. The van der Waals surface area contributed by atoms with Crippen molar-refractivity contribution in [3.8, 4) is 17.0 Å². The summed E-state index contributed by atoms with van der Waals surface area (Å²) in [6.07, 6.45) is 0. The zero-order valence-corrected chi connectivity index (χ0v) is 9.82. The lowest BCUT2D eigenvalue weighted by molar-refractivity contribution is 0.416. The van der Waals surface area contributed by atoms with E-state index in [4.69, 9.17) is 27.9 Å². The van der Waals surface area contributed by atoms with Crippen molar-refractivity contribution >= 4 is 23.2 Å². The topological polar surface area (TPSA) is 57.9 Å². The second kappa shape index (κ2) is 4.23. The molecule has 0 fully saturated rings. The van der Waals surface area contributed by atoms with Crippen LogP contribution in [0.5, 0.6) is 5.75 Å². The van der Waals surface area contributed by atoms with E-state index in [2.05, 4.69) is 10.2 Å². The standard InChI is InChI=1S/C10H8Cl2N2O2/c1-16-10-6(2-5(11)3-7(10)12)8-4-9(15)14-13-8/h2-4H,1H3,(H2,13,14,15). The number of ether oxygens (including phenoxy) is 1. The van der Waals surface area contributed by atoms with Crippen LogP contribution < -0.4 is 10.3 Å². The molecule has 2 aromatic rings. The predicted molar refractivity (Wildman–Crippen MR) is 63.4 cm³/mol. The third-order valence-corrected chi connectivity index (χ3v) is 2.60. The van der Waals surface area contributed by atoms with Crippen LogP contribution in [0.15, 0.2) is 23.0 Å². The molecule has 0 aliphatic carbocycles. The summed E-state index contributed by atoms with van der Waals surface area (Å²) in [5.74, 6) is 0.473. The average molecular weight is 259 g/mol. The van der Waals surface area contributed by atoms with Crippen molar-refractivity contribution in [3.63, 3.8) is 0 Å². The summed E-state index contributed by atoms with van der Waals surface area (Å²) in [5, 5.41) is 6.02. The van der Waals surface area contributed by atoms with Gasteiger partial charge in [-0.05, 0) is 12.1 Å². The number of H-pyrrole nitrogens is 2. The smallest absolute Gasteiger partial charge is 0.264 e. The largest absolute Gasteiger partial charge is 0.494 e. The van der Waals surface area contributed by atoms with E-state index in [0.29, 0.717) is 27.1 Å². The van der Waals surface area contributed by atoms with Crippen molar-refractivity contribution in [3.05, 3.63) is 38.6 Å². The van der Waals surface area contributed by atoms with Gasteiger partial charge in [0.1, 0.15) is 5.75 Å². The molecule has 0 aliphatic rings. The van der Waals surface area contributed by atoms with Crippen LogP contribution in [-0.4, -0.2) is 17.3 Å². The fraction of sp³-hybridized carbons (Fsp3) is 0.100. The van der Waals surface area contributed by atoms with Crippen molar-refractivity contribution in [1.29, 1.82) is 0 Å². The van der Waals surface area contributed by atoms with E-state index < -0.39 is 0 Å². The molecule has 0 amide bonds. The molecule has 0 saturated heterocycles. The highest BCUT2D eigenvalue weighted by molar-refractivity contribution is 6.36. The molecule has 6 heteroatoms. The lowest BCUT2D eigenvalue weighted by Crippen LogP contribution is -1.93. The molecule has 0 unspecified atom stereocenters. The Bertz CT molecular complexity index is 574. The minimum absolute atomic E-state index is 0.229. The Kier molecular flexibility index (Phi) is 2.94. The predicted octanol–water partition coefficient (Wildman–Crippen LogP) is 2.69. The van der Waals surface area contributed by atoms with Crippen LogP contribution in [0.4, 0.5) is 0 Å². The van der Waals surface area contributed by atoms with Crippen molar-refractivity contribution in [2.45, 2.75) is 0 Å². The summed E-state index contributed by atoms with van der Waals surface area (Å²) < 4.78 is 5.17. The van der Waals surface area contributed by atoms with Crippen LogP contribution in [0.25, 0.3) is 11.3 Å². The number of nitrogens with one attached hydrogen (secondary N) is 2. The molecule has 0 aliphatic heterocycles. The highest BCUT2D eigenvalue weighted by Gasteiger charge is 2.13. The molecule has 4 nitrogen and oxygen atoms in total. The lowest BCUT2D eigenvalue weighted by atomic mass is 10.1. The monoisotopic (exact) mass is 258 g/mol. The maximum absolute atomic E-state index is 11.0. The number of benzene rings is 1. The molecule has 2 rings (SSSR count). The Morgan fingerprint density at radius 2 is 1.94 bits per heavy atom. The zero-order chi connectivity index (χ0) is 11.7. The number of rotatable bonds is 2. The van der Waals surface area contributed by atoms with Crippen LogP contribution in [0, 0.1) is 0 Å². The molecule has 1 aromatic heterocycles. The minimum atomic E-state index is -0.229. The second-order valence-electron chi connectivity index (χ2n) is 3.14. The molecule has 84 valence electrons. The molecule has 16 heavy (non-hydrogen) atoms. The van der Waals surface area contributed by atoms with Crippen molar-refractivity contribution in [2.75, 3.05) is 7.11 Å². The number of hydrogen-bond donors (Lipinski definition) is 2. The highest BCUT2D eigenvalue weighted by atomic mass is 35.5. The highest BCUT2D eigenvalue weighted by Crippen LogP contribution is 2.37. The Balaban J connectivity index is 2.67. The molecule has 0 saturated carbocycles. The molecule has 0 bridgehead atoms. The molecular weight excluding hydrogens is 251 g/mol. The SMILES string of the molecule is COc1c(Cl)cc(Cl)cc1-c1cc(=O)[nH][nH]1. The molecule has 1 heterocycles. The Morgan fingerprint density at radius 1 is 1.19 bits per heavy atom. The van der Waals surface area contributed by atoms with E-state index in [-0.39, 0.29) is 5.56 Å². The van der Waals surface area contributed by atoms with Crippen LogP contribution in [0.1, 0.15) is 0 Å². The zero-order valence-electron chi connectivity index (χ0n) is 8.30. The Morgan fingerprint density at radius 3 is 2.50 bits per heavy atom. The second-order valence-corrected chi connectivity index (χ2v) is 3.98. The summed E-state index contributed by atoms with van der Waals surface area (Å²) in [7, 11) is 1.50. The van der Waals surface area contributed by atoms with Crippen LogP contribution in [0.3, 0.4) is 0 Å². The third kappa shape index (κ3) is 1.94. The van der Waals surface area contributed by atoms with Crippen molar-refractivity contribution in [1.82, 2.24) is 10.2 Å². The number of halogens is 2. The molecule has 0 radical (unpaired) electrons. The summed E-state index contributed by atoms with van der Waals surface area (Å²) >= 11 is 11.9. The molecule has 2 N–H and O–H groups in total. The van der Waals surface area contributed by atoms with Gasteiger partial charge in [0.2, 0.25) is 0 Å². The van der Waals surface area contributed by atoms with Gasteiger partial charge in [-0.15, -0.1) is 0 Å². The first kappa shape index (κ1) is 11.1. The number of hydrogen-bond acceptors (Lipinski definition) is 2. The Labute approximate surface area is 101 Å². The summed E-state index contributed by atoms with van der Waals surface area (Å²) in [6, 6.07) is 4.66. The van der Waals surface area contributed by atoms with Gasteiger partial charge in [0.15, 0.2) is 0 Å². The molecule has 0 spiro atoms. The van der Waals surface area contributed by atoms with Gasteiger partial charge >= 0.3 is 0 Å². The van der Waals surface area contributed by atoms with Gasteiger partial charge in [0.25, 0.3) is 5.56 Å². The fourth-order valence-electron chi connectivity index (χ4n) is 1.45. The fourth-order valence-corrected chi connectivity index (χ4v) is 2.02. The summed E-state index contributed by atoms with van der Waals surface area (Å²) in [5.41, 5.74) is 0.984. The van der Waals surface area contributed by atoms with Gasteiger partial charge in [0.05, 0.1) is 17.8 Å². The van der Waals surface area contributed by atoms with Crippen molar-refractivity contribution in [2.24, 2.45) is 0 Å². The number of aromatic amines is 2. The van der Waals surface area contributed by atoms with Crippen molar-refractivity contribution < 1.29 is 4.74 Å². The van der Waals surface area contributed by atoms with Crippen LogP contribution in [0.2, 0.25) is 10.0 Å². The van der Waals surface area contributed by atoms with E-state index in [0.717, 1.165) is 0 Å². The molecular formula is C10H8Cl2N2O2. The Hall–Kier alpha value is -1.39. The summed E-state index contributed by atoms with van der Waals surface area (Å²) in [6.45, 7) is 0. The van der Waals surface area contributed by atoms with Gasteiger partial charge in [-0.25, -0.2) is 0 Å². The normalized spacial score (nSPS) is 10.4. The van der Waals surface area contributed by atoms with Gasteiger partial charge < -0.3 is 4.74 Å². The number of methoxy groups -OCH3 is 1. The first-order valence-corrected chi connectivity index (χ1v) is 5.18. The van der Waals surface area contributed by atoms with Gasteiger partial charge in [-0.3, -0.25) is 15.0 Å². The van der Waals surface area contributed by atoms with Gasteiger partial charge in [0, 0.05) is 16.7 Å². The number of aromatic nitrogens is 2. The first-order valence-electron chi connectivity index (χ1n) is 4.43. The van der Waals surface area contributed by atoms with Gasteiger partial charge in [-0.2, -0.15) is 0 Å². The minimum Gasteiger partial charge on any atom is -0.494 e. The van der Waals surface area contributed by atoms with E-state index in [1.54, 1.807) is 12.1 Å². The quantitative estimate of drug-likeness (QED) is 0.871. The van der Waals surface area contributed by atoms with Crippen LogP contribution >= 0.6 is 23.2 Å². The van der Waals surface area contributed by atoms with E-state index in [1.807, 2.05) is 0 Å². The first-order chi connectivity index (χ1) is 7.61. The maximum Gasteiger partial charge on any atom is 0.264 e. The summed E-state index contributed by atoms with van der Waals surface area (Å²) in [4.78, 5) is 11.0. The van der Waals surface area contributed by atoms with Gasteiger partial charge in [-0.1, -0.05) is 23.2 Å².